The summed E-state index contributed by atoms with van der Waals surface area (Å²) in [4.78, 5) is 22.0. The average Bonchev–Trinajstić information content (AvgIpc) is 2.95. The number of halogens is 1. The van der Waals surface area contributed by atoms with Crippen LogP contribution in [0.3, 0.4) is 0 Å². The molecule has 2 heterocycles. The first kappa shape index (κ1) is 21.3. The lowest BCUT2D eigenvalue weighted by atomic mass is 10.1. The normalized spacial score (nSPS) is 17.3. The minimum Gasteiger partial charge on any atom is -0.454 e. The summed E-state index contributed by atoms with van der Waals surface area (Å²) in [6.07, 6.45) is 0. The number of para-hydroxylation sites is 1. The summed E-state index contributed by atoms with van der Waals surface area (Å²) in [6.45, 7) is 6.01. The van der Waals surface area contributed by atoms with Crippen molar-refractivity contribution in [2.45, 2.75) is 19.9 Å². The molecule has 1 saturated heterocycles. The van der Waals surface area contributed by atoms with Gasteiger partial charge in [-0.05, 0) is 61.9 Å². The van der Waals surface area contributed by atoms with Gasteiger partial charge in [0.15, 0.2) is 5.75 Å². The lowest BCUT2D eigenvalue weighted by molar-refractivity contribution is 0.145. The first-order valence-corrected chi connectivity index (χ1v) is 11.4. The summed E-state index contributed by atoms with van der Waals surface area (Å²) >= 11 is 6.05. The van der Waals surface area contributed by atoms with E-state index in [1.807, 2.05) is 66.4 Å². The molecule has 6 nitrogen and oxygen atoms in total. The van der Waals surface area contributed by atoms with Crippen LogP contribution >= 0.6 is 11.6 Å². The second kappa shape index (κ2) is 8.79. The van der Waals surface area contributed by atoms with Crippen molar-refractivity contribution in [3.63, 3.8) is 0 Å². The van der Waals surface area contributed by atoms with Crippen LogP contribution in [-0.4, -0.2) is 47.3 Å². The molecule has 2 amide bonds. The Morgan fingerprint density at radius 2 is 1.91 bits per heavy atom. The SMILES string of the molecule is Cc1ccc2c(c1)Oc1ccccc1C(N1CCN(C(=O)Nc3cccc(Cl)c3)C(C)C1)=N2. The molecule has 0 saturated carbocycles. The summed E-state index contributed by atoms with van der Waals surface area (Å²) in [5, 5.41) is 3.55. The zero-order valence-electron chi connectivity index (χ0n) is 18.6. The standard InChI is InChI=1S/C26H25ClN4O2/c1-17-10-11-22-24(14-17)33-23-9-4-3-8-21(23)25(29-22)30-12-13-31(18(2)16-30)26(32)28-20-7-5-6-19(27)15-20/h3-11,14-15,18H,12-13,16H2,1-2H3,(H,28,32). The van der Waals surface area contributed by atoms with Crippen molar-refractivity contribution >= 4 is 34.8 Å². The van der Waals surface area contributed by atoms with Crippen LogP contribution in [0.15, 0.2) is 71.7 Å². The number of amidine groups is 1. The highest BCUT2D eigenvalue weighted by Crippen LogP contribution is 2.38. The zero-order chi connectivity index (χ0) is 22.9. The summed E-state index contributed by atoms with van der Waals surface area (Å²) < 4.78 is 6.24. The smallest absolute Gasteiger partial charge is 0.322 e. The molecule has 33 heavy (non-hydrogen) atoms. The molecular formula is C26H25ClN4O2. The molecule has 168 valence electrons. The molecule has 2 aliphatic heterocycles. The maximum atomic E-state index is 12.9. The van der Waals surface area contributed by atoms with E-state index in [9.17, 15) is 4.79 Å². The first-order valence-electron chi connectivity index (χ1n) is 11.0. The van der Waals surface area contributed by atoms with E-state index in [0.29, 0.717) is 30.3 Å². The molecule has 0 bridgehead atoms. The quantitative estimate of drug-likeness (QED) is 0.479. The minimum atomic E-state index is -0.128. The Labute approximate surface area is 198 Å². The van der Waals surface area contributed by atoms with E-state index >= 15 is 0 Å². The van der Waals surface area contributed by atoms with Gasteiger partial charge in [0.25, 0.3) is 0 Å². The highest BCUT2D eigenvalue weighted by molar-refractivity contribution is 6.30. The van der Waals surface area contributed by atoms with Crippen molar-refractivity contribution in [2.24, 2.45) is 4.99 Å². The molecule has 5 rings (SSSR count). The Kier molecular flexibility index (Phi) is 5.68. The number of fused-ring (bicyclic) bond motifs is 2. The number of aliphatic imine (C=N–C) groups is 1. The van der Waals surface area contributed by atoms with E-state index in [2.05, 4.69) is 17.1 Å². The summed E-state index contributed by atoms with van der Waals surface area (Å²) in [7, 11) is 0. The monoisotopic (exact) mass is 460 g/mol. The van der Waals surface area contributed by atoms with Crippen LogP contribution in [0.2, 0.25) is 5.02 Å². The molecule has 0 radical (unpaired) electrons. The molecule has 0 spiro atoms. The Balaban J connectivity index is 1.39. The summed E-state index contributed by atoms with van der Waals surface area (Å²) in [5.41, 5.74) is 3.57. The van der Waals surface area contributed by atoms with Crippen LogP contribution in [-0.2, 0) is 0 Å². The fraction of sp³-hybridized carbons (Fsp3) is 0.231. The number of urea groups is 1. The van der Waals surface area contributed by atoms with E-state index in [1.165, 1.54) is 0 Å². The lowest BCUT2D eigenvalue weighted by Crippen LogP contribution is -2.56. The number of anilines is 1. The van der Waals surface area contributed by atoms with Gasteiger partial charge in [0.2, 0.25) is 0 Å². The van der Waals surface area contributed by atoms with Crippen molar-refractivity contribution in [1.29, 1.82) is 0 Å². The molecule has 2 aliphatic rings. The van der Waals surface area contributed by atoms with E-state index in [4.69, 9.17) is 21.3 Å². The van der Waals surface area contributed by atoms with Gasteiger partial charge in [-0.1, -0.05) is 35.9 Å². The maximum Gasteiger partial charge on any atom is 0.322 e. The number of hydrogen-bond acceptors (Lipinski definition) is 4. The molecule has 7 heteroatoms. The molecule has 1 atom stereocenters. The Morgan fingerprint density at radius 3 is 2.73 bits per heavy atom. The third-order valence-electron chi connectivity index (χ3n) is 5.95. The average molecular weight is 461 g/mol. The number of carbonyl (C=O) groups is 1. The highest BCUT2D eigenvalue weighted by atomic mass is 35.5. The predicted octanol–water partition coefficient (Wildman–Crippen LogP) is 6.07. The highest BCUT2D eigenvalue weighted by Gasteiger charge is 2.31. The van der Waals surface area contributed by atoms with Gasteiger partial charge < -0.3 is 19.9 Å². The second-order valence-corrected chi connectivity index (χ2v) is 8.87. The molecule has 1 N–H and O–H groups in total. The minimum absolute atomic E-state index is 0.00513. The van der Waals surface area contributed by atoms with Crippen molar-refractivity contribution in [1.82, 2.24) is 9.80 Å². The van der Waals surface area contributed by atoms with E-state index < -0.39 is 0 Å². The molecule has 0 aromatic heterocycles. The Morgan fingerprint density at radius 1 is 1.06 bits per heavy atom. The van der Waals surface area contributed by atoms with E-state index in [1.54, 1.807) is 12.1 Å². The maximum absolute atomic E-state index is 12.9. The van der Waals surface area contributed by atoms with Crippen LogP contribution < -0.4 is 10.1 Å². The van der Waals surface area contributed by atoms with Crippen LogP contribution in [0.4, 0.5) is 16.2 Å². The third kappa shape index (κ3) is 4.39. The summed E-state index contributed by atoms with van der Waals surface area (Å²) in [6, 6.07) is 21.1. The van der Waals surface area contributed by atoms with Gasteiger partial charge in [0, 0.05) is 36.4 Å². The Hall–Kier alpha value is -3.51. The topological polar surface area (TPSA) is 57.2 Å². The predicted molar refractivity (Wildman–Crippen MR) is 132 cm³/mol. The van der Waals surface area contributed by atoms with Crippen molar-refractivity contribution in [3.05, 3.63) is 82.9 Å². The summed E-state index contributed by atoms with van der Waals surface area (Å²) in [5.74, 6) is 2.41. The van der Waals surface area contributed by atoms with E-state index in [-0.39, 0.29) is 12.1 Å². The molecule has 1 unspecified atom stereocenters. The van der Waals surface area contributed by atoms with Crippen LogP contribution in [0.25, 0.3) is 0 Å². The van der Waals surface area contributed by atoms with Crippen LogP contribution in [0.1, 0.15) is 18.1 Å². The molecule has 1 fully saturated rings. The van der Waals surface area contributed by atoms with Crippen molar-refractivity contribution in [2.75, 3.05) is 25.0 Å². The number of rotatable bonds is 1. The molecule has 3 aromatic rings. The first-order chi connectivity index (χ1) is 16.0. The third-order valence-corrected chi connectivity index (χ3v) is 6.19. The van der Waals surface area contributed by atoms with Gasteiger partial charge >= 0.3 is 6.03 Å². The van der Waals surface area contributed by atoms with Crippen molar-refractivity contribution in [3.8, 4) is 11.5 Å². The molecular weight excluding hydrogens is 436 g/mol. The Bertz CT molecular complexity index is 1240. The second-order valence-electron chi connectivity index (χ2n) is 8.43. The molecule has 0 aliphatic carbocycles. The van der Waals surface area contributed by atoms with E-state index in [0.717, 1.165) is 34.1 Å². The van der Waals surface area contributed by atoms with Gasteiger partial charge in [-0.2, -0.15) is 0 Å². The van der Waals surface area contributed by atoms with Gasteiger partial charge in [-0.25, -0.2) is 9.79 Å². The number of piperazine rings is 1. The molecule has 3 aromatic carbocycles. The number of benzene rings is 3. The van der Waals surface area contributed by atoms with Crippen LogP contribution in [0.5, 0.6) is 11.5 Å². The number of aryl methyl sites for hydroxylation is 1. The number of amides is 2. The van der Waals surface area contributed by atoms with Gasteiger partial charge in [0.1, 0.15) is 17.3 Å². The number of hydrogen-bond donors (Lipinski definition) is 1. The number of ether oxygens (including phenoxy) is 1. The number of carbonyl (C=O) groups excluding carboxylic acids is 1. The zero-order valence-corrected chi connectivity index (χ0v) is 19.3. The van der Waals surface area contributed by atoms with Gasteiger partial charge in [-0.15, -0.1) is 0 Å². The van der Waals surface area contributed by atoms with Crippen molar-refractivity contribution < 1.29 is 9.53 Å². The fourth-order valence-corrected chi connectivity index (χ4v) is 4.47. The number of nitrogens with zero attached hydrogens (tertiary/aromatic N) is 3. The van der Waals surface area contributed by atoms with Gasteiger partial charge in [-0.3, -0.25) is 0 Å². The lowest BCUT2D eigenvalue weighted by Gasteiger charge is -2.41. The number of nitrogens with one attached hydrogen (secondary N) is 1. The van der Waals surface area contributed by atoms with Gasteiger partial charge in [0.05, 0.1) is 5.56 Å². The largest absolute Gasteiger partial charge is 0.454 e. The van der Waals surface area contributed by atoms with Crippen LogP contribution in [0, 0.1) is 6.92 Å². The fourth-order valence-electron chi connectivity index (χ4n) is 4.28.